The number of thiazole rings is 1. The maximum atomic E-state index is 11.0. The van der Waals surface area contributed by atoms with E-state index in [1.54, 1.807) is 0 Å². The molecule has 14 heavy (non-hydrogen) atoms. The summed E-state index contributed by atoms with van der Waals surface area (Å²) in [5.74, 6) is 5.63. The summed E-state index contributed by atoms with van der Waals surface area (Å²) in [6.07, 6.45) is 1.51. The van der Waals surface area contributed by atoms with Gasteiger partial charge in [-0.15, -0.1) is 5.10 Å². The van der Waals surface area contributed by atoms with E-state index in [1.807, 2.05) is 0 Å². The third kappa shape index (κ3) is 1.21. The Morgan fingerprint density at radius 3 is 3.21 bits per heavy atom. The summed E-state index contributed by atoms with van der Waals surface area (Å²) in [6, 6.07) is 0. The van der Waals surface area contributed by atoms with Gasteiger partial charge in [0.1, 0.15) is 0 Å². The molecule has 0 aliphatic heterocycles. The van der Waals surface area contributed by atoms with Crippen LogP contribution >= 0.6 is 11.3 Å². The van der Waals surface area contributed by atoms with Crippen LogP contribution in [0.15, 0.2) is 21.2 Å². The quantitative estimate of drug-likeness (QED) is 0.359. The van der Waals surface area contributed by atoms with Gasteiger partial charge in [-0.05, 0) is 0 Å². The zero-order valence-corrected chi connectivity index (χ0v) is 7.78. The molecule has 0 spiro atoms. The van der Waals surface area contributed by atoms with Gasteiger partial charge in [0.25, 0.3) is 5.62 Å². The van der Waals surface area contributed by atoms with Crippen molar-refractivity contribution in [2.24, 2.45) is 10.2 Å². The van der Waals surface area contributed by atoms with Gasteiger partial charge in [-0.3, -0.25) is 9.78 Å². The van der Waals surface area contributed by atoms with Crippen LogP contribution in [0.1, 0.15) is 0 Å². The van der Waals surface area contributed by atoms with Gasteiger partial charge >= 0.3 is 4.87 Å². The van der Waals surface area contributed by atoms with E-state index < -0.39 is 0 Å². The number of nitrogens with two attached hydrogens (primary N) is 1. The van der Waals surface area contributed by atoms with E-state index in [4.69, 9.17) is 5.84 Å². The van der Waals surface area contributed by atoms with Gasteiger partial charge in [0, 0.05) is 6.72 Å². The van der Waals surface area contributed by atoms with Crippen molar-refractivity contribution in [1.29, 1.82) is 0 Å². The second kappa shape index (κ2) is 3.07. The molecule has 2 rings (SSSR count). The van der Waals surface area contributed by atoms with E-state index in [1.165, 1.54) is 6.20 Å². The number of nitrogens with one attached hydrogen (secondary N) is 1. The molecule has 0 atom stereocenters. The van der Waals surface area contributed by atoms with Crippen LogP contribution in [0.3, 0.4) is 0 Å². The van der Waals surface area contributed by atoms with Crippen molar-refractivity contribution < 1.29 is 0 Å². The average molecular weight is 210 g/mol. The van der Waals surface area contributed by atoms with Crippen LogP contribution in [0.2, 0.25) is 0 Å². The van der Waals surface area contributed by atoms with Crippen molar-refractivity contribution in [3.05, 3.63) is 21.5 Å². The molecule has 0 saturated heterocycles. The number of hydrogen-bond donors (Lipinski definition) is 2. The zero-order valence-electron chi connectivity index (χ0n) is 6.97. The molecule has 0 aliphatic carbocycles. The van der Waals surface area contributed by atoms with E-state index in [9.17, 15) is 4.79 Å². The summed E-state index contributed by atoms with van der Waals surface area (Å²) in [6.45, 7) is 3.19. The number of aromatic amines is 1. The molecule has 8 heteroatoms. The molecule has 0 aromatic carbocycles. The SMILES string of the molecule is C=NN=c1ncc2sc(=O)[nH]c2n1N. The van der Waals surface area contributed by atoms with E-state index >= 15 is 0 Å². The van der Waals surface area contributed by atoms with Crippen LogP contribution < -0.4 is 16.3 Å². The third-order valence-corrected chi connectivity index (χ3v) is 2.38. The third-order valence-electron chi connectivity index (χ3n) is 1.57. The number of fused-ring (bicyclic) bond motifs is 1. The molecule has 72 valence electrons. The molecule has 0 bridgehead atoms. The molecule has 0 unspecified atom stereocenters. The Morgan fingerprint density at radius 2 is 2.50 bits per heavy atom. The number of nitrogen functional groups attached to an aromatic ring is 1. The Labute approximate surface area is 81.2 Å². The van der Waals surface area contributed by atoms with Gasteiger partial charge in [0.2, 0.25) is 0 Å². The molecule has 3 N–H and O–H groups in total. The van der Waals surface area contributed by atoms with Gasteiger partial charge in [0.15, 0.2) is 5.65 Å². The predicted molar refractivity (Wildman–Crippen MR) is 53.5 cm³/mol. The monoisotopic (exact) mass is 210 g/mol. The summed E-state index contributed by atoms with van der Waals surface area (Å²) in [5, 5.41) is 6.89. The highest BCUT2D eigenvalue weighted by molar-refractivity contribution is 7.16. The lowest BCUT2D eigenvalue weighted by Crippen LogP contribution is -2.30. The molecule has 2 heterocycles. The maximum absolute atomic E-state index is 11.0. The number of hydrogen-bond acceptors (Lipinski definition) is 6. The largest absolute Gasteiger partial charge is 0.335 e. The molecule has 2 aromatic heterocycles. The van der Waals surface area contributed by atoms with Crippen LogP contribution in [0.5, 0.6) is 0 Å². The lowest BCUT2D eigenvalue weighted by Gasteiger charge is -1.97. The lowest BCUT2D eigenvalue weighted by molar-refractivity contribution is 0.838. The van der Waals surface area contributed by atoms with E-state index in [0.717, 1.165) is 16.0 Å². The maximum Gasteiger partial charge on any atom is 0.306 e. The van der Waals surface area contributed by atoms with Crippen molar-refractivity contribution in [2.75, 3.05) is 5.84 Å². The second-order valence-corrected chi connectivity index (χ2v) is 3.41. The van der Waals surface area contributed by atoms with Crippen molar-refractivity contribution in [2.45, 2.75) is 0 Å². The van der Waals surface area contributed by atoms with Crippen LogP contribution in [0, 0.1) is 0 Å². The molecule has 0 saturated carbocycles. The zero-order chi connectivity index (χ0) is 10.1. The molecule has 0 amide bonds. The minimum Gasteiger partial charge on any atom is -0.335 e. The van der Waals surface area contributed by atoms with Gasteiger partial charge in [-0.1, -0.05) is 11.3 Å². The Morgan fingerprint density at radius 1 is 1.71 bits per heavy atom. The highest BCUT2D eigenvalue weighted by atomic mass is 32.1. The predicted octanol–water partition coefficient (Wildman–Crippen LogP) is -0.984. The first-order valence-electron chi connectivity index (χ1n) is 3.58. The summed E-state index contributed by atoms with van der Waals surface area (Å²) in [4.78, 5) is 17.3. The lowest BCUT2D eigenvalue weighted by atomic mass is 10.6. The van der Waals surface area contributed by atoms with E-state index in [2.05, 4.69) is 26.9 Å². The molecule has 7 nitrogen and oxygen atoms in total. The van der Waals surface area contributed by atoms with Gasteiger partial charge < -0.3 is 5.84 Å². The van der Waals surface area contributed by atoms with Crippen molar-refractivity contribution in [3.8, 4) is 0 Å². The average Bonchev–Trinajstić information content (AvgIpc) is 2.52. The molecular weight excluding hydrogens is 204 g/mol. The van der Waals surface area contributed by atoms with Crippen LogP contribution in [-0.2, 0) is 0 Å². The Bertz CT molecular complexity index is 605. The Kier molecular flexibility index (Phi) is 1.89. The molecule has 0 aliphatic rings. The molecule has 0 radical (unpaired) electrons. The van der Waals surface area contributed by atoms with E-state index in [0.29, 0.717) is 10.3 Å². The normalized spacial score (nSPS) is 12.1. The topological polar surface area (TPSA) is 101 Å². The standard InChI is InChI=1S/C6H6N6OS/c1-8-11-5-9-2-3-4(12(5)7)10-6(13)14-3/h2H,1,7H2,(H,10,13). The molecule has 2 aromatic rings. The summed E-state index contributed by atoms with van der Waals surface area (Å²) in [5.41, 5.74) is 0.652. The Balaban J connectivity index is 2.94. The molecular formula is C6H6N6OS. The number of nitrogens with zero attached hydrogens (tertiary/aromatic N) is 4. The number of aromatic nitrogens is 3. The minimum absolute atomic E-state index is 0.182. The number of H-pyrrole nitrogens is 1. The Hall–Kier alpha value is -1.96. The fraction of sp³-hybridized carbons (Fsp3) is 0. The highest BCUT2D eigenvalue weighted by Gasteiger charge is 2.03. The first-order chi connectivity index (χ1) is 6.72. The summed E-state index contributed by atoms with van der Waals surface area (Å²) >= 11 is 1.03. The minimum atomic E-state index is -0.190. The van der Waals surface area contributed by atoms with Gasteiger partial charge in [-0.2, -0.15) is 5.10 Å². The fourth-order valence-corrected chi connectivity index (χ4v) is 1.71. The van der Waals surface area contributed by atoms with Crippen LogP contribution in [0.4, 0.5) is 0 Å². The highest BCUT2D eigenvalue weighted by Crippen LogP contribution is 2.07. The first-order valence-corrected chi connectivity index (χ1v) is 4.39. The second-order valence-electron chi connectivity index (χ2n) is 2.40. The number of rotatable bonds is 1. The van der Waals surface area contributed by atoms with Gasteiger partial charge in [0.05, 0.1) is 10.9 Å². The molecule has 0 fully saturated rings. The summed E-state index contributed by atoms with van der Waals surface area (Å²) in [7, 11) is 0. The van der Waals surface area contributed by atoms with Crippen LogP contribution in [-0.4, -0.2) is 21.4 Å². The van der Waals surface area contributed by atoms with Crippen molar-refractivity contribution >= 4 is 28.4 Å². The van der Waals surface area contributed by atoms with E-state index in [-0.39, 0.29) is 10.5 Å². The van der Waals surface area contributed by atoms with Gasteiger partial charge in [-0.25, -0.2) is 9.66 Å². The summed E-state index contributed by atoms with van der Waals surface area (Å²) < 4.78 is 1.82. The van der Waals surface area contributed by atoms with Crippen molar-refractivity contribution in [1.82, 2.24) is 14.6 Å². The smallest absolute Gasteiger partial charge is 0.306 e. The van der Waals surface area contributed by atoms with Crippen molar-refractivity contribution in [3.63, 3.8) is 0 Å². The fourth-order valence-electron chi connectivity index (χ4n) is 1.01. The first kappa shape index (κ1) is 8.63. The van der Waals surface area contributed by atoms with Crippen LogP contribution in [0.25, 0.3) is 10.3 Å².